The molecule has 1 aliphatic carbocycles. The van der Waals surface area contributed by atoms with Gasteiger partial charge in [-0.15, -0.1) is 0 Å². The zero-order valence-electron chi connectivity index (χ0n) is 8.05. The highest BCUT2D eigenvalue weighted by Crippen LogP contribution is 2.27. The van der Waals surface area contributed by atoms with Gasteiger partial charge >= 0.3 is 0 Å². The fourth-order valence-corrected chi connectivity index (χ4v) is 2.10. The standard InChI is InChI=1S/C10H20N2/c1-2-9-5-7-12(8-6-11-9)10-3-4-10/h9-11H,2-8H2,1H3. The van der Waals surface area contributed by atoms with E-state index < -0.39 is 0 Å². The zero-order valence-corrected chi connectivity index (χ0v) is 8.05. The van der Waals surface area contributed by atoms with Crippen molar-refractivity contribution in [1.82, 2.24) is 10.2 Å². The van der Waals surface area contributed by atoms with Gasteiger partial charge in [0.1, 0.15) is 0 Å². The van der Waals surface area contributed by atoms with E-state index in [0.29, 0.717) is 0 Å². The Kier molecular flexibility index (Phi) is 2.66. The highest BCUT2D eigenvalue weighted by atomic mass is 15.2. The first-order chi connectivity index (χ1) is 5.90. The minimum atomic E-state index is 0.786. The van der Waals surface area contributed by atoms with E-state index in [1.165, 1.54) is 45.3 Å². The summed E-state index contributed by atoms with van der Waals surface area (Å²) in [6.45, 7) is 6.09. The van der Waals surface area contributed by atoms with E-state index in [9.17, 15) is 0 Å². The third kappa shape index (κ3) is 1.99. The summed E-state index contributed by atoms with van der Waals surface area (Å²) in [7, 11) is 0. The van der Waals surface area contributed by atoms with Crippen LogP contribution in [0.5, 0.6) is 0 Å². The smallest absolute Gasteiger partial charge is 0.0110 e. The predicted octanol–water partition coefficient (Wildman–Crippen LogP) is 1.22. The molecule has 0 amide bonds. The van der Waals surface area contributed by atoms with E-state index in [1.54, 1.807) is 0 Å². The molecule has 0 spiro atoms. The van der Waals surface area contributed by atoms with Crippen LogP contribution in [0.25, 0.3) is 0 Å². The summed E-state index contributed by atoms with van der Waals surface area (Å²) < 4.78 is 0. The molecule has 1 N–H and O–H groups in total. The molecule has 2 aliphatic rings. The second-order valence-corrected chi connectivity index (χ2v) is 4.12. The van der Waals surface area contributed by atoms with Crippen molar-refractivity contribution in [2.24, 2.45) is 0 Å². The fraction of sp³-hybridized carbons (Fsp3) is 1.00. The molecule has 0 aromatic heterocycles. The Morgan fingerprint density at radius 1 is 1.25 bits per heavy atom. The van der Waals surface area contributed by atoms with E-state index in [-0.39, 0.29) is 0 Å². The highest BCUT2D eigenvalue weighted by Gasteiger charge is 2.29. The van der Waals surface area contributed by atoms with Gasteiger partial charge in [0.25, 0.3) is 0 Å². The molecule has 1 saturated carbocycles. The van der Waals surface area contributed by atoms with Crippen LogP contribution in [-0.2, 0) is 0 Å². The quantitative estimate of drug-likeness (QED) is 0.667. The Labute approximate surface area is 75.3 Å². The SMILES string of the molecule is CCC1CCN(C2CC2)CCN1. The molecule has 1 aliphatic heterocycles. The first-order valence-corrected chi connectivity index (χ1v) is 5.37. The molecule has 1 unspecified atom stereocenters. The summed E-state index contributed by atoms with van der Waals surface area (Å²) in [5.41, 5.74) is 0. The maximum absolute atomic E-state index is 3.60. The Morgan fingerprint density at radius 2 is 2.08 bits per heavy atom. The highest BCUT2D eigenvalue weighted by molar-refractivity contribution is 4.87. The lowest BCUT2D eigenvalue weighted by Gasteiger charge is -2.18. The molecule has 2 fully saturated rings. The third-order valence-corrected chi connectivity index (χ3v) is 3.15. The first-order valence-electron chi connectivity index (χ1n) is 5.37. The molecule has 12 heavy (non-hydrogen) atoms. The van der Waals surface area contributed by atoms with Gasteiger partial charge < -0.3 is 5.32 Å². The molecule has 0 aromatic rings. The molecule has 0 bridgehead atoms. The average Bonchev–Trinajstić information content (AvgIpc) is 2.91. The summed E-state index contributed by atoms with van der Waals surface area (Å²) in [6, 6.07) is 1.75. The maximum atomic E-state index is 3.60. The number of hydrogen-bond donors (Lipinski definition) is 1. The van der Waals surface area contributed by atoms with Crippen LogP contribution in [0.2, 0.25) is 0 Å². The molecule has 2 rings (SSSR count). The lowest BCUT2D eigenvalue weighted by atomic mass is 10.1. The number of hydrogen-bond acceptors (Lipinski definition) is 2. The van der Waals surface area contributed by atoms with Crippen molar-refractivity contribution in [3.05, 3.63) is 0 Å². The first kappa shape index (κ1) is 8.52. The van der Waals surface area contributed by atoms with Gasteiger partial charge in [0.05, 0.1) is 0 Å². The largest absolute Gasteiger partial charge is 0.313 e. The second kappa shape index (κ2) is 3.75. The molecule has 70 valence electrons. The summed E-state index contributed by atoms with van der Waals surface area (Å²) >= 11 is 0. The summed E-state index contributed by atoms with van der Waals surface area (Å²) in [6.07, 6.45) is 5.55. The monoisotopic (exact) mass is 168 g/mol. The minimum absolute atomic E-state index is 0.786. The van der Waals surface area contributed by atoms with Crippen LogP contribution >= 0.6 is 0 Å². The Morgan fingerprint density at radius 3 is 2.75 bits per heavy atom. The average molecular weight is 168 g/mol. The van der Waals surface area contributed by atoms with E-state index >= 15 is 0 Å². The van der Waals surface area contributed by atoms with Gasteiger partial charge in [-0.05, 0) is 32.2 Å². The molecule has 2 nitrogen and oxygen atoms in total. The number of nitrogens with zero attached hydrogens (tertiary/aromatic N) is 1. The van der Waals surface area contributed by atoms with Crippen molar-refractivity contribution >= 4 is 0 Å². The van der Waals surface area contributed by atoms with Crippen molar-refractivity contribution in [3.8, 4) is 0 Å². The van der Waals surface area contributed by atoms with Crippen LogP contribution in [0.1, 0.15) is 32.6 Å². The van der Waals surface area contributed by atoms with E-state index in [2.05, 4.69) is 17.1 Å². The lowest BCUT2D eigenvalue weighted by Crippen LogP contribution is -2.30. The third-order valence-electron chi connectivity index (χ3n) is 3.15. The molecule has 1 atom stereocenters. The van der Waals surface area contributed by atoms with Gasteiger partial charge in [-0.25, -0.2) is 0 Å². The van der Waals surface area contributed by atoms with Gasteiger partial charge in [-0.2, -0.15) is 0 Å². The van der Waals surface area contributed by atoms with Crippen LogP contribution in [0, 0.1) is 0 Å². The summed E-state index contributed by atoms with van der Waals surface area (Å²) in [5, 5.41) is 3.60. The molecule has 0 radical (unpaired) electrons. The van der Waals surface area contributed by atoms with Gasteiger partial charge in [0, 0.05) is 25.2 Å². The topological polar surface area (TPSA) is 15.3 Å². The van der Waals surface area contributed by atoms with Crippen LogP contribution in [0.15, 0.2) is 0 Å². The Balaban J connectivity index is 1.80. The minimum Gasteiger partial charge on any atom is -0.313 e. The number of rotatable bonds is 2. The molecular weight excluding hydrogens is 148 g/mol. The molecule has 1 saturated heterocycles. The van der Waals surface area contributed by atoms with Gasteiger partial charge in [0.2, 0.25) is 0 Å². The lowest BCUT2D eigenvalue weighted by molar-refractivity contribution is 0.279. The number of nitrogens with one attached hydrogen (secondary N) is 1. The molecule has 2 heteroatoms. The second-order valence-electron chi connectivity index (χ2n) is 4.12. The van der Waals surface area contributed by atoms with Crippen molar-refractivity contribution < 1.29 is 0 Å². The van der Waals surface area contributed by atoms with Crippen LogP contribution in [-0.4, -0.2) is 36.6 Å². The van der Waals surface area contributed by atoms with Crippen molar-refractivity contribution in [3.63, 3.8) is 0 Å². The van der Waals surface area contributed by atoms with Crippen LogP contribution in [0.3, 0.4) is 0 Å². The maximum Gasteiger partial charge on any atom is 0.0110 e. The molecule has 1 heterocycles. The Hall–Kier alpha value is -0.0800. The van der Waals surface area contributed by atoms with Crippen LogP contribution in [0.4, 0.5) is 0 Å². The normalized spacial score (nSPS) is 33.2. The zero-order chi connectivity index (χ0) is 8.39. The Bertz CT molecular complexity index is 143. The summed E-state index contributed by atoms with van der Waals surface area (Å²) in [4.78, 5) is 2.67. The van der Waals surface area contributed by atoms with Gasteiger partial charge in [-0.3, -0.25) is 4.90 Å². The van der Waals surface area contributed by atoms with Gasteiger partial charge in [-0.1, -0.05) is 6.92 Å². The van der Waals surface area contributed by atoms with E-state index in [4.69, 9.17) is 0 Å². The van der Waals surface area contributed by atoms with Gasteiger partial charge in [0.15, 0.2) is 0 Å². The van der Waals surface area contributed by atoms with Crippen molar-refractivity contribution in [2.75, 3.05) is 19.6 Å². The van der Waals surface area contributed by atoms with E-state index in [1.807, 2.05) is 0 Å². The fourth-order valence-electron chi connectivity index (χ4n) is 2.10. The van der Waals surface area contributed by atoms with Crippen molar-refractivity contribution in [2.45, 2.75) is 44.7 Å². The summed E-state index contributed by atoms with van der Waals surface area (Å²) in [5.74, 6) is 0. The predicted molar refractivity (Wildman–Crippen MR) is 51.3 cm³/mol. The van der Waals surface area contributed by atoms with Crippen LogP contribution < -0.4 is 5.32 Å². The molecular formula is C10H20N2. The van der Waals surface area contributed by atoms with E-state index in [0.717, 1.165) is 12.1 Å². The van der Waals surface area contributed by atoms with Crippen molar-refractivity contribution in [1.29, 1.82) is 0 Å². The molecule has 0 aromatic carbocycles.